The van der Waals surface area contributed by atoms with E-state index in [1.807, 2.05) is 26.0 Å². The highest BCUT2D eigenvalue weighted by molar-refractivity contribution is 7.18. The van der Waals surface area contributed by atoms with Crippen molar-refractivity contribution in [2.45, 2.75) is 65.0 Å². The highest BCUT2D eigenvalue weighted by atomic mass is 32.1. The molecule has 1 N–H and O–H groups in total. The summed E-state index contributed by atoms with van der Waals surface area (Å²) in [5.41, 5.74) is 2.81. The Bertz CT molecular complexity index is 1250. The van der Waals surface area contributed by atoms with Crippen molar-refractivity contribution in [2.24, 2.45) is 0 Å². The molecule has 1 amide bonds. The molecule has 7 nitrogen and oxygen atoms in total. The summed E-state index contributed by atoms with van der Waals surface area (Å²) in [5, 5.41) is 3.68. The highest BCUT2D eigenvalue weighted by Gasteiger charge is 2.23. The Morgan fingerprint density at radius 2 is 2.19 bits per heavy atom. The molecule has 1 aliphatic carbocycles. The Balaban J connectivity index is 1.33. The summed E-state index contributed by atoms with van der Waals surface area (Å²) >= 11 is 1.64. The summed E-state index contributed by atoms with van der Waals surface area (Å²) in [4.78, 5) is 32.4. The van der Waals surface area contributed by atoms with Gasteiger partial charge in [0.2, 0.25) is 5.91 Å². The summed E-state index contributed by atoms with van der Waals surface area (Å²) in [5.74, 6) is 1.24. The number of nitrogens with zero attached hydrogens (tertiary/aromatic N) is 2. The van der Waals surface area contributed by atoms with Gasteiger partial charge in [0, 0.05) is 35.9 Å². The predicted molar refractivity (Wildman–Crippen MR) is 125 cm³/mol. The summed E-state index contributed by atoms with van der Waals surface area (Å²) < 4.78 is 13.1. The van der Waals surface area contributed by atoms with E-state index < -0.39 is 0 Å². The van der Waals surface area contributed by atoms with E-state index in [1.54, 1.807) is 22.2 Å². The molecule has 1 aliphatic heterocycles. The van der Waals surface area contributed by atoms with Gasteiger partial charge in [0.25, 0.3) is 5.56 Å². The summed E-state index contributed by atoms with van der Waals surface area (Å²) in [6, 6.07) is 3.78. The monoisotopic (exact) mass is 453 g/mol. The molecule has 168 valence electrons. The van der Waals surface area contributed by atoms with Gasteiger partial charge in [-0.3, -0.25) is 14.2 Å². The fraction of sp³-hybridized carbons (Fsp3) is 0.458. The van der Waals surface area contributed by atoms with Crippen LogP contribution in [0.5, 0.6) is 11.5 Å². The quantitative estimate of drug-likeness (QED) is 0.608. The second kappa shape index (κ2) is 8.58. The van der Waals surface area contributed by atoms with E-state index >= 15 is 0 Å². The van der Waals surface area contributed by atoms with Gasteiger partial charge in [0.05, 0.1) is 24.0 Å². The van der Waals surface area contributed by atoms with Gasteiger partial charge in [0.15, 0.2) is 0 Å². The molecule has 0 saturated heterocycles. The molecule has 0 bridgehead atoms. The average molecular weight is 454 g/mol. The molecule has 2 aromatic heterocycles. The first-order valence-electron chi connectivity index (χ1n) is 11.3. The van der Waals surface area contributed by atoms with Crippen molar-refractivity contribution in [3.63, 3.8) is 0 Å². The van der Waals surface area contributed by atoms with Gasteiger partial charge in [-0.1, -0.05) is 0 Å². The van der Waals surface area contributed by atoms with Crippen LogP contribution < -0.4 is 20.3 Å². The van der Waals surface area contributed by atoms with Crippen LogP contribution in [-0.2, 0) is 30.6 Å². The molecule has 0 radical (unpaired) electrons. The molecule has 1 atom stereocenters. The minimum atomic E-state index is -0.184. The molecule has 3 aromatic rings. The Morgan fingerprint density at radius 3 is 3.03 bits per heavy atom. The van der Waals surface area contributed by atoms with Crippen molar-refractivity contribution < 1.29 is 14.3 Å². The third kappa shape index (κ3) is 3.88. The molecule has 0 fully saturated rings. The van der Waals surface area contributed by atoms with Crippen LogP contribution >= 0.6 is 11.3 Å². The lowest BCUT2D eigenvalue weighted by Gasteiger charge is -2.14. The Kier molecular flexibility index (Phi) is 5.63. The van der Waals surface area contributed by atoms with Gasteiger partial charge in [-0.25, -0.2) is 4.98 Å². The van der Waals surface area contributed by atoms with Crippen molar-refractivity contribution in [3.8, 4) is 11.5 Å². The number of rotatable bonds is 6. The van der Waals surface area contributed by atoms with E-state index in [2.05, 4.69) is 10.3 Å². The third-order valence-electron chi connectivity index (χ3n) is 6.09. The molecule has 5 rings (SSSR count). The Labute approximate surface area is 190 Å². The van der Waals surface area contributed by atoms with Crippen LogP contribution in [-0.4, -0.2) is 28.2 Å². The average Bonchev–Trinajstić information content (AvgIpc) is 3.33. The molecule has 3 heterocycles. The minimum absolute atomic E-state index is 0.0443. The topological polar surface area (TPSA) is 82.5 Å². The van der Waals surface area contributed by atoms with Crippen molar-refractivity contribution in [3.05, 3.63) is 44.8 Å². The van der Waals surface area contributed by atoms with Crippen LogP contribution in [0.15, 0.2) is 23.3 Å². The smallest absolute Gasteiger partial charge is 0.262 e. The van der Waals surface area contributed by atoms with Gasteiger partial charge >= 0.3 is 0 Å². The molecule has 1 unspecified atom stereocenters. The van der Waals surface area contributed by atoms with Gasteiger partial charge in [0.1, 0.15) is 22.4 Å². The van der Waals surface area contributed by atoms with Crippen molar-refractivity contribution in [2.75, 3.05) is 11.9 Å². The van der Waals surface area contributed by atoms with Gasteiger partial charge in [-0.2, -0.15) is 0 Å². The summed E-state index contributed by atoms with van der Waals surface area (Å²) in [6.07, 6.45) is 6.93. The SMILES string of the molecule is CCOc1cc2c(cc1NC(=O)CCn1cnc3sc4c(c3c1=O)CCCC4)OC(C)C2. The lowest BCUT2D eigenvalue weighted by Crippen LogP contribution is -2.24. The first kappa shape index (κ1) is 21.0. The lowest BCUT2D eigenvalue weighted by atomic mass is 9.97. The van der Waals surface area contributed by atoms with E-state index in [1.165, 1.54) is 16.9 Å². The zero-order chi connectivity index (χ0) is 22.2. The zero-order valence-corrected chi connectivity index (χ0v) is 19.2. The maximum absolute atomic E-state index is 13.1. The minimum Gasteiger partial charge on any atom is -0.492 e. The van der Waals surface area contributed by atoms with Gasteiger partial charge in [-0.15, -0.1) is 11.3 Å². The third-order valence-corrected chi connectivity index (χ3v) is 7.29. The van der Waals surface area contributed by atoms with Crippen molar-refractivity contribution in [1.29, 1.82) is 0 Å². The summed E-state index contributed by atoms with van der Waals surface area (Å²) in [6.45, 7) is 4.72. The number of hydrogen-bond donors (Lipinski definition) is 1. The van der Waals surface area contributed by atoms with Crippen molar-refractivity contribution in [1.82, 2.24) is 9.55 Å². The van der Waals surface area contributed by atoms with E-state index in [0.717, 1.165) is 47.2 Å². The van der Waals surface area contributed by atoms with Crippen LogP contribution in [0.3, 0.4) is 0 Å². The molecule has 0 spiro atoms. The van der Waals surface area contributed by atoms with E-state index in [-0.39, 0.29) is 30.5 Å². The number of fused-ring (bicyclic) bond motifs is 4. The highest BCUT2D eigenvalue weighted by Crippen LogP contribution is 2.38. The molecule has 32 heavy (non-hydrogen) atoms. The number of benzene rings is 1. The zero-order valence-electron chi connectivity index (χ0n) is 18.4. The van der Waals surface area contributed by atoms with Crippen LogP contribution in [0, 0.1) is 0 Å². The second-order valence-corrected chi connectivity index (χ2v) is 9.54. The number of carbonyl (C=O) groups is 1. The van der Waals surface area contributed by atoms with Crippen molar-refractivity contribution >= 4 is 33.1 Å². The molecule has 2 aliphatic rings. The van der Waals surface area contributed by atoms with Crippen LogP contribution in [0.25, 0.3) is 10.2 Å². The number of anilines is 1. The molecule has 8 heteroatoms. The number of carbonyl (C=O) groups excluding carboxylic acids is 1. The fourth-order valence-corrected chi connectivity index (χ4v) is 5.81. The van der Waals surface area contributed by atoms with Gasteiger partial charge in [-0.05, 0) is 51.2 Å². The fourth-order valence-electron chi connectivity index (χ4n) is 4.59. The number of nitrogens with one attached hydrogen (secondary N) is 1. The number of aromatic nitrogens is 2. The predicted octanol–water partition coefficient (Wildman–Crippen LogP) is 4.09. The number of aryl methyl sites for hydroxylation is 3. The largest absolute Gasteiger partial charge is 0.492 e. The number of thiophene rings is 1. The number of amides is 1. The standard InChI is InChI=1S/C24H27N3O4S/c1-3-30-19-11-15-10-14(2)31-18(15)12-17(19)26-21(28)8-9-27-13-25-23-22(24(27)29)16-6-4-5-7-20(16)32-23/h11-14H,3-10H2,1-2H3,(H,26,28). The van der Waals surface area contributed by atoms with Crippen LogP contribution in [0.1, 0.15) is 49.1 Å². The maximum Gasteiger partial charge on any atom is 0.262 e. The Hall–Kier alpha value is -2.87. The van der Waals surface area contributed by atoms with E-state index in [0.29, 0.717) is 18.0 Å². The first-order chi connectivity index (χ1) is 15.5. The summed E-state index contributed by atoms with van der Waals surface area (Å²) in [7, 11) is 0. The maximum atomic E-state index is 13.1. The Morgan fingerprint density at radius 1 is 1.34 bits per heavy atom. The molecular weight excluding hydrogens is 426 g/mol. The first-order valence-corrected chi connectivity index (χ1v) is 12.1. The number of hydrogen-bond acceptors (Lipinski definition) is 6. The molecule has 0 saturated carbocycles. The van der Waals surface area contributed by atoms with Gasteiger partial charge < -0.3 is 14.8 Å². The number of ether oxygens (including phenoxy) is 2. The normalized spacial score (nSPS) is 17.0. The van der Waals surface area contributed by atoms with Crippen LogP contribution in [0.4, 0.5) is 5.69 Å². The molecule has 1 aromatic carbocycles. The van der Waals surface area contributed by atoms with Crippen LogP contribution in [0.2, 0.25) is 0 Å². The molecular formula is C24H27N3O4S. The van der Waals surface area contributed by atoms with E-state index in [9.17, 15) is 9.59 Å². The second-order valence-electron chi connectivity index (χ2n) is 8.45. The van der Waals surface area contributed by atoms with E-state index in [4.69, 9.17) is 9.47 Å². The lowest BCUT2D eigenvalue weighted by molar-refractivity contribution is -0.116.